The molecule has 2 aromatic carbocycles. The number of nitrogens with zero attached hydrogens (tertiary/aromatic N) is 2. The molecule has 37 heavy (non-hydrogen) atoms. The summed E-state index contributed by atoms with van der Waals surface area (Å²) in [5, 5.41) is 4.09. The van der Waals surface area contributed by atoms with Gasteiger partial charge in [0, 0.05) is 41.8 Å². The van der Waals surface area contributed by atoms with Gasteiger partial charge in [-0.3, -0.25) is 14.5 Å². The Morgan fingerprint density at radius 2 is 1.92 bits per heavy atom. The molecule has 2 fully saturated rings. The topological polar surface area (TPSA) is 78.7 Å². The van der Waals surface area contributed by atoms with Crippen molar-refractivity contribution in [2.45, 2.75) is 76.7 Å². The number of halogens is 2. The smallest absolute Gasteiger partial charge is 0.243 e. The van der Waals surface area contributed by atoms with Crippen LogP contribution < -0.4 is 11.1 Å². The standard InChI is InChI=1S/C29H38Cl2N4O2/c1-19(2)14-26(28(36)33-17-21-9-10-22(30)15-25(21)31)34-13-12-24(11-8-20-6-4-3-5-7-20)35-18-23(32)16-27(35)29(34)37/h3-7,9-10,15,19,23-24,26-27H,8,11-14,16-18,32H2,1-2H3,(H,33,36)/t23-,24?,26-,27+/m1/s1. The van der Waals surface area contributed by atoms with Gasteiger partial charge in [-0.1, -0.05) is 73.4 Å². The van der Waals surface area contributed by atoms with Crippen LogP contribution in [0.5, 0.6) is 0 Å². The fourth-order valence-corrected chi connectivity index (χ4v) is 6.16. The molecule has 2 amide bonds. The normalized spacial score (nSPS) is 23.1. The van der Waals surface area contributed by atoms with Crippen LogP contribution in [0.2, 0.25) is 10.0 Å². The molecule has 0 radical (unpaired) electrons. The zero-order valence-electron chi connectivity index (χ0n) is 21.7. The van der Waals surface area contributed by atoms with Crippen molar-refractivity contribution in [3.8, 4) is 0 Å². The minimum atomic E-state index is -0.537. The van der Waals surface area contributed by atoms with Gasteiger partial charge in [0.25, 0.3) is 0 Å². The van der Waals surface area contributed by atoms with Crippen LogP contribution in [-0.2, 0) is 22.6 Å². The van der Waals surface area contributed by atoms with E-state index in [1.807, 2.05) is 17.0 Å². The van der Waals surface area contributed by atoms with Crippen molar-refractivity contribution in [2.75, 3.05) is 13.1 Å². The predicted molar refractivity (Wildman–Crippen MR) is 150 cm³/mol. The Labute approximate surface area is 230 Å². The Morgan fingerprint density at radius 3 is 2.62 bits per heavy atom. The highest BCUT2D eigenvalue weighted by Crippen LogP contribution is 2.30. The van der Waals surface area contributed by atoms with Gasteiger partial charge in [0.05, 0.1) is 6.04 Å². The molecule has 0 saturated carbocycles. The van der Waals surface area contributed by atoms with E-state index in [4.69, 9.17) is 28.9 Å². The van der Waals surface area contributed by atoms with E-state index in [9.17, 15) is 9.59 Å². The van der Waals surface area contributed by atoms with E-state index in [1.54, 1.807) is 12.1 Å². The lowest BCUT2D eigenvalue weighted by Gasteiger charge is -2.33. The number of fused-ring (bicyclic) bond motifs is 1. The molecular weight excluding hydrogens is 507 g/mol. The van der Waals surface area contributed by atoms with Crippen LogP contribution in [0.1, 0.15) is 50.7 Å². The highest BCUT2D eigenvalue weighted by Gasteiger charge is 2.45. The van der Waals surface area contributed by atoms with Crippen LogP contribution in [0.4, 0.5) is 0 Å². The molecule has 6 nitrogen and oxygen atoms in total. The number of carbonyl (C=O) groups excluding carboxylic acids is 2. The highest BCUT2D eigenvalue weighted by molar-refractivity contribution is 6.35. The molecule has 200 valence electrons. The number of amides is 2. The molecule has 2 aliphatic rings. The molecule has 0 bridgehead atoms. The van der Waals surface area contributed by atoms with Crippen molar-refractivity contribution in [1.29, 1.82) is 0 Å². The number of benzene rings is 2. The first-order valence-corrected chi connectivity index (χ1v) is 14.1. The first kappa shape index (κ1) is 27.9. The summed E-state index contributed by atoms with van der Waals surface area (Å²) in [4.78, 5) is 31.6. The lowest BCUT2D eigenvalue weighted by Crippen LogP contribution is -2.53. The third kappa shape index (κ3) is 7.05. The first-order chi connectivity index (χ1) is 17.7. The zero-order valence-corrected chi connectivity index (χ0v) is 23.2. The van der Waals surface area contributed by atoms with Gasteiger partial charge < -0.3 is 16.0 Å². The Morgan fingerprint density at radius 1 is 1.16 bits per heavy atom. The summed E-state index contributed by atoms with van der Waals surface area (Å²) in [6.45, 7) is 5.73. The van der Waals surface area contributed by atoms with Gasteiger partial charge in [-0.15, -0.1) is 0 Å². The van der Waals surface area contributed by atoms with E-state index in [0.29, 0.717) is 29.4 Å². The fraction of sp³-hybridized carbons (Fsp3) is 0.517. The average Bonchev–Trinajstić information content (AvgIpc) is 3.20. The Bertz CT molecular complexity index is 1080. The summed E-state index contributed by atoms with van der Waals surface area (Å²) in [5.41, 5.74) is 8.45. The first-order valence-electron chi connectivity index (χ1n) is 13.3. The third-order valence-electron chi connectivity index (χ3n) is 7.56. The van der Waals surface area contributed by atoms with Crippen LogP contribution in [0.15, 0.2) is 48.5 Å². The lowest BCUT2D eigenvalue weighted by atomic mass is 9.99. The van der Waals surface area contributed by atoms with Crippen LogP contribution in [-0.4, -0.2) is 58.9 Å². The quantitative estimate of drug-likeness (QED) is 0.481. The molecule has 2 heterocycles. The summed E-state index contributed by atoms with van der Waals surface area (Å²) in [6.07, 6.45) is 3.97. The number of carbonyl (C=O) groups is 2. The maximum Gasteiger partial charge on any atom is 0.243 e. The minimum Gasteiger partial charge on any atom is -0.350 e. The monoisotopic (exact) mass is 544 g/mol. The largest absolute Gasteiger partial charge is 0.350 e. The number of aryl methyl sites for hydroxylation is 1. The fourth-order valence-electron chi connectivity index (χ4n) is 5.68. The van der Waals surface area contributed by atoms with Gasteiger partial charge in [0.1, 0.15) is 6.04 Å². The molecule has 2 aromatic rings. The zero-order chi connectivity index (χ0) is 26.5. The Balaban J connectivity index is 1.50. The van der Waals surface area contributed by atoms with Crippen molar-refractivity contribution in [3.63, 3.8) is 0 Å². The van der Waals surface area contributed by atoms with E-state index in [-0.39, 0.29) is 42.4 Å². The van der Waals surface area contributed by atoms with Crippen LogP contribution in [0, 0.1) is 5.92 Å². The maximum atomic E-state index is 13.9. The van der Waals surface area contributed by atoms with E-state index in [0.717, 1.165) is 31.4 Å². The second-order valence-corrected chi connectivity index (χ2v) is 11.6. The van der Waals surface area contributed by atoms with E-state index < -0.39 is 6.04 Å². The molecule has 2 saturated heterocycles. The van der Waals surface area contributed by atoms with E-state index in [2.05, 4.69) is 48.3 Å². The van der Waals surface area contributed by atoms with Crippen LogP contribution >= 0.6 is 23.2 Å². The van der Waals surface area contributed by atoms with Crippen molar-refractivity contribution in [1.82, 2.24) is 15.1 Å². The van der Waals surface area contributed by atoms with Gasteiger partial charge >= 0.3 is 0 Å². The van der Waals surface area contributed by atoms with Crippen molar-refractivity contribution in [3.05, 3.63) is 69.7 Å². The predicted octanol–water partition coefficient (Wildman–Crippen LogP) is 4.66. The van der Waals surface area contributed by atoms with Gasteiger partial charge in [0.15, 0.2) is 0 Å². The molecule has 8 heteroatoms. The van der Waals surface area contributed by atoms with Gasteiger partial charge in [-0.05, 0) is 61.3 Å². The minimum absolute atomic E-state index is 0.0282. The molecule has 0 aliphatic carbocycles. The molecule has 4 atom stereocenters. The van der Waals surface area contributed by atoms with Crippen LogP contribution in [0.3, 0.4) is 0 Å². The summed E-state index contributed by atoms with van der Waals surface area (Å²) in [7, 11) is 0. The summed E-state index contributed by atoms with van der Waals surface area (Å²) >= 11 is 12.3. The average molecular weight is 546 g/mol. The Hall–Kier alpha value is -2.12. The van der Waals surface area contributed by atoms with Crippen molar-refractivity contribution < 1.29 is 9.59 Å². The lowest BCUT2D eigenvalue weighted by molar-refractivity contribution is -0.143. The number of rotatable bonds is 9. The number of nitrogens with one attached hydrogen (secondary N) is 1. The van der Waals surface area contributed by atoms with E-state index in [1.165, 1.54) is 5.56 Å². The third-order valence-corrected chi connectivity index (χ3v) is 8.15. The molecule has 0 aromatic heterocycles. The molecule has 4 rings (SSSR count). The summed E-state index contributed by atoms with van der Waals surface area (Å²) < 4.78 is 0. The van der Waals surface area contributed by atoms with E-state index >= 15 is 0 Å². The summed E-state index contributed by atoms with van der Waals surface area (Å²) in [6, 6.07) is 15.1. The van der Waals surface area contributed by atoms with Crippen molar-refractivity contribution in [2.24, 2.45) is 11.7 Å². The molecule has 3 N–H and O–H groups in total. The molecular formula is C29H38Cl2N4O2. The van der Waals surface area contributed by atoms with Gasteiger partial charge in [-0.2, -0.15) is 0 Å². The van der Waals surface area contributed by atoms with Gasteiger partial charge in [0.2, 0.25) is 11.8 Å². The summed E-state index contributed by atoms with van der Waals surface area (Å²) in [5.74, 6) is 0.131. The number of hydrogen-bond donors (Lipinski definition) is 2. The van der Waals surface area contributed by atoms with Gasteiger partial charge in [-0.25, -0.2) is 0 Å². The second kappa shape index (κ2) is 12.6. The molecule has 0 spiro atoms. The second-order valence-electron chi connectivity index (χ2n) is 10.8. The number of nitrogens with two attached hydrogens (primary N) is 1. The number of hydrogen-bond acceptors (Lipinski definition) is 4. The molecule has 2 aliphatic heterocycles. The molecule has 1 unspecified atom stereocenters. The maximum absolute atomic E-state index is 13.9. The Kier molecular flexibility index (Phi) is 9.51. The van der Waals surface area contributed by atoms with Crippen molar-refractivity contribution >= 4 is 35.0 Å². The SMILES string of the molecule is CC(C)C[C@H](C(=O)NCc1ccc(Cl)cc1Cl)N1CCC(CCc2ccccc2)N2C[C@H](N)C[C@H]2C1=O. The highest BCUT2D eigenvalue weighted by atomic mass is 35.5. The van der Waals surface area contributed by atoms with Crippen LogP contribution in [0.25, 0.3) is 0 Å².